The summed E-state index contributed by atoms with van der Waals surface area (Å²) >= 11 is 29.6. The normalized spacial score (nSPS) is 23.8. The highest BCUT2D eigenvalue weighted by Gasteiger charge is 2.61. The van der Waals surface area contributed by atoms with Crippen LogP contribution in [-0.2, 0) is 4.79 Å². The van der Waals surface area contributed by atoms with Gasteiger partial charge >= 0.3 is 0 Å². The van der Waals surface area contributed by atoms with Crippen molar-refractivity contribution in [2.24, 2.45) is 17.3 Å². The maximum atomic E-state index is 12.6. The van der Waals surface area contributed by atoms with Crippen molar-refractivity contribution < 1.29 is 4.79 Å². The third kappa shape index (κ3) is 4.49. The summed E-state index contributed by atoms with van der Waals surface area (Å²) in [5.41, 5.74) is 0.482. The molecule has 0 aromatic heterocycles. The van der Waals surface area contributed by atoms with Crippen LogP contribution in [0.4, 0.5) is 0 Å². The Morgan fingerprint density at radius 3 is 2.26 bits per heavy atom. The van der Waals surface area contributed by atoms with Crippen LogP contribution in [-0.4, -0.2) is 9.70 Å². The molecule has 1 aromatic rings. The number of carbonyl (C=O) groups excluding carboxylic acids is 1. The van der Waals surface area contributed by atoms with Gasteiger partial charge in [-0.05, 0) is 23.0 Å². The first-order valence-corrected chi connectivity index (χ1v) is 8.89. The Balaban J connectivity index is 2.19. The number of rotatable bonds is 4. The maximum absolute atomic E-state index is 12.6. The second-order valence-electron chi connectivity index (χ2n) is 6.18. The van der Waals surface area contributed by atoms with Crippen molar-refractivity contribution in [3.63, 3.8) is 0 Å². The minimum absolute atomic E-state index is 0.0423. The van der Waals surface area contributed by atoms with Crippen molar-refractivity contribution >= 4 is 63.9 Å². The van der Waals surface area contributed by atoms with E-state index in [-0.39, 0.29) is 27.6 Å². The van der Waals surface area contributed by atoms with E-state index in [1.165, 1.54) is 0 Å². The van der Waals surface area contributed by atoms with E-state index in [9.17, 15) is 4.79 Å². The number of hydrogen-bond donors (Lipinski definition) is 1. The summed E-state index contributed by atoms with van der Waals surface area (Å²) in [6.07, 6.45) is 1.68. The van der Waals surface area contributed by atoms with Crippen LogP contribution in [0.5, 0.6) is 0 Å². The van der Waals surface area contributed by atoms with Gasteiger partial charge in [-0.1, -0.05) is 102 Å². The molecule has 3 atom stereocenters. The average molecular weight is 416 g/mol. The lowest BCUT2D eigenvalue weighted by Crippen LogP contribution is -2.38. The molecule has 1 N–H and O–H groups in total. The Morgan fingerprint density at radius 1 is 1.22 bits per heavy atom. The zero-order valence-electron chi connectivity index (χ0n) is 12.5. The summed E-state index contributed by atoms with van der Waals surface area (Å²) in [6.45, 7) is 3.95. The van der Waals surface area contributed by atoms with Crippen molar-refractivity contribution in [2.45, 2.75) is 23.7 Å². The van der Waals surface area contributed by atoms with Gasteiger partial charge < -0.3 is 5.32 Å². The molecule has 0 heterocycles. The van der Waals surface area contributed by atoms with Gasteiger partial charge in [0, 0.05) is 0 Å². The molecule has 0 bridgehead atoms. The lowest BCUT2D eigenvalue weighted by molar-refractivity contribution is -0.123. The highest BCUT2D eigenvalue weighted by molar-refractivity contribution is 6.68. The largest absolute Gasteiger partial charge is 0.345 e. The molecule has 7 heteroatoms. The van der Waals surface area contributed by atoms with Crippen LogP contribution in [0.2, 0.25) is 0 Å². The third-order valence-corrected chi connectivity index (χ3v) is 5.15. The number of amides is 1. The van der Waals surface area contributed by atoms with E-state index in [1.807, 2.05) is 32.0 Å². The van der Waals surface area contributed by atoms with Gasteiger partial charge in [-0.2, -0.15) is 0 Å². The van der Waals surface area contributed by atoms with E-state index >= 15 is 0 Å². The molecule has 2 nitrogen and oxygen atoms in total. The van der Waals surface area contributed by atoms with Crippen LogP contribution >= 0.6 is 58.0 Å². The fraction of sp³-hybridized carbons (Fsp3) is 0.438. The molecule has 0 saturated heterocycles. The van der Waals surface area contributed by atoms with Crippen LogP contribution in [0, 0.1) is 17.3 Å². The predicted molar refractivity (Wildman–Crippen MR) is 98.2 cm³/mol. The first kappa shape index (κ1) is 19.2. The van der Waals surface area contributed by atoms with Crippen molar-refractivity contribution in [3.8, 4) is 0 Å². The van der Waals surface area contributed by atoms with E-state index in [0.717, 1.165) is 5.56 Å². The number of benzene rings is 1. The second kappa shape index (κ2) is 7.01. The first-order valence-electron chi connectivity index (χ1n) is 7.00. The van der Waals surface area contributed by atoms with Crippen molar-refractivity contribution in [3.05, 3.63) is 46.5 Å². The van der Waals surface area contributed by atoms with Gasteiger partial charge in [-0.25, -0.2) is 0 Å². The van der Waals surface area contributed by atoms with Crippen molar-refractivity contribution in [1.82, 2.24) is 5.32 Å². The molecule has 1 aromatic carbocycles. The van der Waals surface area contributed by atoms with Gasteiger partial charge in [-0.3, -0.25) is 4.79 Å². The SMILES string of the molecule is CC1(C)[C@@H](C=C(Cl)Cl)[C@@H]1C(=O)N[C@@H](c1ccccc1)C(Cl)(Cl)Cl. The molecule has 1 fully saturated rings. The topological polar surface area (TPSA) is 29.1 Å². The fourth-order valence-corrected chi connectivity index (χ4v) is 3.67. The molecule has 126 valence electrons. The van der Waals surface area contributed by atoms with Gasteiger partial charge in [0.25, 0.3) is 0 Å². The summed E-state index contributed by atoms with van der Waals surface area (Å²) < 4.78 is -1.51. The molecule has 0 unspecified atom stereocenters. The van der Waals surface area contributed by atoms with E-state index in [4.69, 9.17) is 58.0 Å². The minimum atomic E-state index is -1.66. The molecule has 0 spiro atoms. The monoisotopic (exact) mass is 413 g/mol. The van der Waals surface area contributed by atoms with Crippen LogP contribution in [0.1, 0.15) is 25.5 Å². The number of allylic oxidation sites excluding steroid dienone is 1. The number of hydrogen-bond acceptors (Lipinski definition) is 1. The highest BCUT2D eigenvalue weighted by Crippen LogP contribution is 2.60. The summed E-state index contributed by atoms with van der Waals surface area (Å²) in [6, 6.07) is 8.37. The van der Waals surface area contributed by atoms with Crippen molar-refractivity contribution in [1.29, 1.82) is 0 Å². The lowest BCUT2D eigenvalue weighted by atomic mass is 10.1. The van der Waals surface area contributed by atoms with Gasteiger partial charge in [0.05, 0.1) is 5.92 Å². The maximum Gasteiger partial charge on any atom is 0.224 e. The number of alkyl halides is 3. The molecule has 1 saturated carbocycles. The van der Waals surface area contributed by atoms with Gasteiger partial charge in [0.15, 0.2) is 0 Å². The summed E-state index contributed by atoms with van der Waals surface area (Å²) in [5, 5.41) is 2.84. The quantitative estimate of drug-likeness (QED) is 0.618. The summed E-state index contributed by atoms with van der Waals surface area (Å²) in [4.78, 5) is 12.6. The molecule has 1 aliphatic carbocycles. The summed E-state index contributed by atoms with van der Waals surface area (Å²) in [7, 11) is 0. The van der Waals surface area contributed by atoms with Crippen molar-refractivity contribution in [2.75, 3.05) is 0 Å². The molecule has 1 amide bonds. The molecular formula is C16H16Cl5NO. The smallest absolute Gasteiger partial charge is 0.224 e. The Hall–Kier alpha value is -0.120. The Kier molecular flexibility index (Phi) is 5.86. The Bertz CT molecular complexity index is 605. The Labute approximate surface area is 161 Å². The van der Waals surface area contributed by atoms with E-state index in [2.05, 4.69) is 5.32 Å². The first-order chi connectivity index (χ1) is 10.5. The van der Waals surface area contributed by atoms with Gasteiger partial charge in [-0.15, -0.1) is 0 Å². The molecular weight excluding hydrogens is 399 g/mol. The lowest BCUT2D eigenvalue weighted by Gasteiger charge is -2.26. The number of carbonyl (C=O) groups is 1. The molecule has 1 aliphatic rings. The summed E-state index contributed by atoms with van der Waals surface area (Å²) in [5.74, 6) is -0.501. The fourth-order valence-electron chi connectivity index (χ4n) is 2.86. The van der Waals surface area contributed by atoms with Gasteiger partial charge in [0.1, 0.15) is 10.5 Å². The molecule has 23 heavy (non-hydrogen) atoms. The standard InChI is InChI=1S/C16H16Cl5NO/c1-15(2)10(8-11(17)18)12(15)14(23)22-13(16(19,20)21)9-6-4-3-5-7-9/h3-8,10,12-13H,1-2H3,(H,22,23)/t10-,12+,13-/m0/s1. The minimum Gasteiger partial charge on any atom is -0.345 e. The average Bonchev–Trinajstić information content (AvgIpc) is 2.96. The third-order valence-electron chi connectivity index (χ3n) is 4.25. The Morgan fingerprint density at radius 2 is 1.78 bits per heavy atom. The molecule has 2 rings (SSSR count). The van der Waals surface area contributed by atoms with Crippen LogP contribution < -0.4 is 5.32 Å². The van der Waals surface area contributed by atoms with E-state index < -0.39 is 9.83 Å². The van der Waals surface area contributed by atoms with Crippen LogP contribution in [0.15, 0.2) is 40.9 Å². The number of halogens is 5. The van der Waals surface area contributed by atoms with E-state index in [1.54, 1.807) is 18.2 Å². The number of nitrogens with one attached hydrogen (secondary N) is 1. The zero-order valence-corrected chi connectivity index (χ0v) is 16.3. The molecule has 0 aliphatic heterocycles. The van der Waals surface area contributed by atoms with E-state index in [0.29, 0.717) is 0 Å². The van der Waals surface area contributed by atoms with Crippen LogP contribution in [0.3, 0.4) is 0 Å². The molecule has 0 radical (unpaired) electrons. The second-order valence-corrected chi connectivity index (χ2v) is 9.55. The van der Waals surface area contributed by atoms with Gasteiger partial charge in [0.2, 0.25) is 9.70 Å². The predicted octanol–water partition coefficient (Wildman–Crippen LogP) is 5.81. The van der Waals surface area contributed by atoms with Crippen LogP contribution in [0.25, 0.3) is 0 Å². The zero-order chi connectivity index (χ0) is 17.4. The highest BCUT2D eigenvalue weighted by atomic mass is 35.6.